The third-order valence-corrected chi connectivity index (χ3v) is 4.29. The molecular weight excluding hydrogens is 234 g/mol. The zero-order valence-electron chi connectivity index (χ0n) is 12.4. The molecule has 0 spiro atoms. The molecule has 1 aromatic heterocycles. The van der Waals surface area contributed by atoms with Crippen molar-refractivity contribution in [2.75, 3.05) is 6.54 Å². The summed E-state index contributed by atoms with van der Waals surface area (Å²) in [5.74, 6) is 1.68. The third kappa shape index (κ3) is 3.75. The molecule has 0 aromatic carbocycles. The van der Waals surface area contributed by atoms with Crippen LogP contribution in [0.2, 0.25) is 0 Å². The van der Waals surface area contributed by atoms with Gasteiger partial charge in [0.15, 0.2) is 0 Å². The lowest BCUT2D eigenvalue weighted by molar-refractivity contribution is 0.555. The molecule has 1 aliphatic carbocycles. The Kier molecular flexibility index (Phi) is 5.32. The first-order valence-electron chi connectivity index (χ1n) is 7.76. The van der Waals surface area contributed by atoms with Crippen LogP contribution in [0.4, 0.5) is 0 Å². The van der Waals surface area contributed by atoms with Crippen molar-refractivity contribution < 1.29 is 0 Å². The van der Waals surface area contributed by atoms with E-state index in [0.717, 1.165) is 25.2 Å². The van der Waals surface area contributed by atoms with Crippen molar-refractivity contribution in [1.29, 1.82) is 0 Å². The predicted molar refractivity (Wildman–Crippen MR) is 79.3 cm³/mol. The number of nitrogens with zero attached hydrogens (tertiary/aromatic N) is 2. The Hall–Kier alpha value is -0.960. The Morgan fingerprint density at radius 3 is 2.11 bits per heavy atom. The van der Waals surface area contributed by atoms with Crippen LogP contribution in [0.3, 0.4) is 0 Å². The maximum atomic E-state index is 5.60. The number of aryl methyl sites for hydroxylation is 2. The monoisotopic (exact) mass is 261 g/mol. The highest BCUT2D eigenvalue weighted by atomic mass is 14.9. The van der Waals surface area contributed by atoms with Gasteiger partial charge in [0.25, 0.3) is 0 Å². The van der Waals surface area contributed by atoms with E-state index in [1.165, 1.54) is 55.5 Å². The van der Waals surface area contributed by atoms with Crippen LogP contribution in [-0.4, -0.2) is 16.5 Å². The van der Waals surface area contributed by atoms with E-state index in [4.69, 9.17) is 15.7 Å². The smallest absolute Gasteiger partial charge is 0.131 e. The number of aromatic nitrogens is 2. The molecule has 2 rings (SSSR count). The summed E-state index contributed by atoms with van der Waals surface area (Å²) in [6, 6.07) is 0. The van der Waals surface area contributed by atoms with Gasteiger partial charge in [0.2, 0.25) is 0 Å². The van der Waals surface area contributed by atoms with Crippen molar-refractivity contribution in [3.8, 4) is 0 Å². The quantitative estimate of drug-likeness (QED) is 0.845. The van der Waals surface area contributed by atoms with Gasteiger partial charge in [-0.25, -0.2) is 9.97 Å². The molecule has 0 bridgehead atoms. The molecule has 0 radical (unpaired) electrons. The third-order valence-electron chi connectivity index (χ3n) is 4.29. The zero-order chi connectivity index (χ0) is 13.7. The molecule has 2 N–H and O–H groups in total. The molecule has 3 heteroatoms. The van der Waals surface area contributed by atoms with Gasteiger partial charge in [-0.15, -0.1) is 0 Å². The Morgan fingerprint density at radius 1 is 1.00 bits per heavy atom. The highest BCUT2D eigenvalue weighted by Crippen LogP contribution is 2.30. The lowest BCUT2D eigenvalue weighted by Gasteiger charge is -2.16. The summed E-state index contributed by atoms with van der Waals surface area (Å²) < 4.78 is 0. The number of nitrogens with two attached hydrogens (primary N) is 1. The van der Waals surface area contributed by atoms with E-state index in [9.17, 15) is 0 Å². The Morgan fingerprint density at radius 2 is 1.58 bits per heavy atom. The molecule has 1 aliphatic rings. The summed E-state index contributed by atoms with van der Waals surface area (Å²) in [5, 5.41) is 0. The second-order valence-corrected chi connectivity index (χ2v) is 5.81. The second kappa shape index (κ2) is 6.99. The molecule has 106 valence electrons. The molecule has 0 amide bonds. The Labute approximate surface area is 117 Å². The molecule has 0 saturated heterocycles. The van der Waals surface area contributed by atoms with E-state index in [1.54, 1.807) is 0 Å². The van der Waals surface area contributed by atoms with E-state index in [2.05, 4.69) is 13.8 Å². The van der Waals surface area contributed by atoms with Gasteiger partial charge in [-0.05, 0) is 51.6 Å². The van der Waals surface area contributed by atoms with Gasteiger partial charge in [0.05, 0.1) is 0 Å². The van der Waals surface area contributed by atoms with Gasteiger partial charge >= 0.3 is 0 Å². The Balaban J connectivity index is 2.18. The van der Waals surface area contributed by atoms with Crippen molar-refractivity contribution >= 4 is 0 Å². The van der Waals surface area contributed by atoms with Gasteiger partial charge in [-0.1, -0.05) is 25.7 Å². The van der Waals surface area contributed by atoms with Gasteiger partial charge in [0.1, 0.15) is 5.82 Å². The van der Waals surface area contributed by atoms with Crippen molar-refractivity contribution in [2.45, 2.75) is 71.1 Å². The first-order valence-corrected chi connectivity index (χ1v) is 7.76. The zero-order valence-corrected chi connectivity index (χ0v) is 12.4. The molecule has 0 aliphatic heterocycles. The van der Waals surface area contributed by atoms with Crippen LogP contribution in [0.15, 0.2) is 0 Å². The second-order valence-electron chi connectivity index (χ2n) is 5.81. The highest BCUT2D eigenvalue weighted by molar-refractivity contribution is 5.25. The number of rotatable bonds is 4. The minimum absolute atomic E-state index is 0.587. The normalized spacial score (nSPS) is 17.4. The van der Waals surface area contributed by atoms with Crippen LogP contribution in [0.1, 0.15) is 73.6 Å². The molecule has 1 fully saturated rings. The van der Waals surface area contributed by atoms with Crippen LogP contribution in [-0.2, 0) is 6.42 Å². The lowest BCUT2D eigenvalue weighted by atomic mass is 9.98. The maximum absolute atomic E-state index is 5.60. The average Bonchev–Trinajstić information content (AvgIpc) is 2.66. The van der Waals surface area contributed by atoms with Crippen molar-refractivity contribution in [3.63, 3.8) is 0 Å². The van der Waals surface area contributed by atoms with Gasteiger partial charge < -0.3 is 5.73 Å². The summed E-state index contributed by atoms with van der Waals surface area (Å²) in [7, 11) is 0. The summed E-state index contributed by atoms with van der Waals surface area (Å²) in [4.78, 5) is 9.60. The van der Waals surface area contributed by atoms with Crippen LogP contribution in [0.25, 0.3) is 0 Å². The minimum atomic E-state index is 0.587. The van der Waals surface area contributed by atoms with E-state index in [1.807, 2.05) is 0 Å². The standard InChI is InChI=1S/C16H27N3/c1-12-15(10-7-11-17)13(2)19-16(18-12)14-8-5-3-4-6-9-14/h14H,3-11,17H2,1-2H3. The molecule has 1 heterocycles. The largest absolute Gasteiger partial charge is 0.330 e. The first kappa shape index (κ1) is 14.4. The molecular formula is C16H27N3. The van der Waals surface area contributed by atoms with Crippen molar-refractivity contribution in [1.82, 2.24) is 9.97 Å². The van der Waals surface area contributed by atoms with Crippen LogP contribution < -0.4 is 5.73 Å². The van der Waals surface area contributed by atoms with Crippen molar-refractivity contribution in [3.05, 3.63) is 22.8 Å². The number of hydrogen-bond acceptors (Lipinski definition) is 3. The fraction of sp³-hybridized carbons (Fsp3) is 0.750. The number of hydrogen-bond donors (Lipinski definition) is 1. The van der Waals surface area contributed by atoms with E-state index in [-0.39, 0.29) is 0 Å². The van der Waals surface area contributed by atoms with E-state index in [0.29, 0.717) is 5.92 Å². The summed E-state index contributed by atoms with van der Waals surface area (Å²) >= 11 is 0. The summed E-state index contributed by atoms with van der Waals surface area (Å²) in [6.45, 7) is 4.99. The maximum Gasteiger partial charge on any atom is 0.131 e. The lowest BCUT2D eigenvalue weighted by Crippen LogP contribution is -2.11. The summed E-state index contributed by atoms with van der Waals surface area (Å²) in [6.07, 6.45) is 9.99. The van der Waals surface area contributed by atoms with E-state index >= 15 is 0 Å². The van der Waals surface area contributed by atoms with Gasteiger partial charge in [-0.3, -0.25) is 0 Å². The van der Waals surface area contributed by atoms with Gasteiger partial charge in [0, 0.05) is 17.3 Å². The SMILES string of the molecule is Cc1nc(C2CCCCCC2)nc(C)c1CCCN. The van der Waals surface area contributed by atoms with Gasteiger partial charge in [-0.2, -0.15) is 0 Å². The first-order chi connectivity index (χ1) is 9.22. The molecule has 3 nitrogen and oxygen atoms in total. The predicted octanol–water partition coefficient (Wildman–Crippen LogP) is 3.42. The fourth-order valence-electron chi connectivity index (χ4n) is 3.13. The topological polar surface area (TPSA) is 51.8 Å². The minimum Gasteiger partial charge on any atom is -0.330 e. The molecule has 19 heavy (non-hydrogen) atoms. The van der Waals surface area contributed by atoms with Crippen LogP contribution in [0, 0.1) is 13.8 Å². The summed E-state index contributed by atoms with van der Waals surface area (Å²) in [5.41, 5.74) is 9.24. The van der Waals surface area contributed by atoms with Crippen LogP contribution >= 0.6 is 0 Å². The molecule has 1 aromatic rings. The van der Waals surface area contributed by atoms with Crippen LogP contribution in [0.5, 0.6) is 0 Å². The molecule has 1 saturated carbocycles. The van der Waals surface area contributed by atoms with E-state index < -0.39 is 0 Å². The fourth-order valence-corrected chi connectivity index (χ4v) is 3.13. The highest BCUT2D eigenvalue weighted by Gasteiger charge is 2.19. The van der Waals surface area contributed by atoms with Crippen molar-refractivity contribution in [2.24, 2.45) is 5.73 Å². The Bertz CT molecular complexity index is 383. The molecule has 0 atom stereocenters. The molecule has 0 unspecified atom stereocenters. The average molecular weight is 261 g/mol.